The summed E-state index contributed by atoms with van der Waals surface area (Å²) in [5, 5.41) is 12.4. The highest BCUT2D eigenvalue weighted by Gasteiger charge is 2.63. The van der Waals surface area contributed by atoms with Gasteiger partial charge in [-0.3, -0.25) is 10.1 Å². The predicted molar refractivity (Wildman–Crippen MR) is 95.1 cm³/mol. The largest absolute Gasteiger partial charge is 0.378 e. The van der Waals surface area contributed by atoms with E-state index in [9.17, 15) is 4.79 Å². The lowest BCUT2D eigenvalue weighted by Gasteiger charge is -2.57. The summed E-state index contributed by atoms with van der Waals surface area (Å²) < 4.78 is 5.65. The molecule has 132 valence electrons. The van der Waals surface area contributed by atoms with Gasteiger partial charge in [0.25, 0.3) is 0 Å². The van der Waals surface area contributed by atoms with Gasteiger partial charge < -0.3 is 10.5 Å². The number of hydrogen-bond donors (Lipinski definition) is 2. The highest BCUT2D eigenvalue weighted by molar-refractivity contribution is 7.15. The van der Waals surface area contributed by atoms with E-state index in [0.29, 0.717) is 24.1 Å². The fourth-order valence-electron chi connectivity index (χ4n) is 2.77. The summed E-state index contributed by atoms with van der Waals surface area (Å²) in [4.78, 5) is 12.6. The molecule has 0 spiro atoms. The molecule has 0 saturated heterocycles. The maximum absolute atomic E-state index is 12.6. The molecule has 1 fully saturated rings. The molecular formula is C15H27ClN4O2S. The molecule has 1 aromatic heterocycles. The van der Waals surface area contributed by atoms with Gasteiger partial charge in [-0.25, -0.2) is 0 Å². The molecule has 1 aromatic rings. The lowest BCUT2D eigenvalue weighted by atomic mass is 9.54. The molecule has 2 atom stereocenters. The van der Waals surface area contributed by atoms with Crippen LogP contribution < -0.4 is 11.1 Å². The highest BCUT2D eigenvalue weighted by atomic mass is 35.5. The van der Waals surface area contributed by atoms with E-state index in [1.54, 1.807) is 0 Å². The number of aromatic nitrogens is 2. The lowest BCUT2D eigenvalue weighted by Crippen LogP contribution is -2.74. The van der Waals surface area contributed by atoms with Crippen molar-refractivity contribution in [2.45, 2.75) is 59.1 Å². The van der Waals surface area contributed by atoms with Crippen LogP contribution in [0.5, 0.6) is 0 Å². The number of nitrogens with two attached hydrogens (primary N) is 1. The maximum atomic E-state index is 12.6. The number of halogens is 1. The van der Waals surface area contributed by atoms with Crippen LogP contribution in [0.3, 0.4) is 0 Å². The van der Waals surface area contributed by atoms with E-state index < -0.39 is 11.0 Å². The molecule has 0 aromatic carbocycles. The first-order chi connectivity index (χ1) is 10.2. The zero-order valence-electron chi connectivity index (χ0n) is 14.4. The van der Waals surface area contributed by atoms with Crippen LogP contribution in [0.4, 0.5) is 5.13 Å². The SMILES string of the molecule is CCOC1CC(N)(C(=O)Nc2nnc(CC(C)C)s2)C1(C)C.Cl. The number of rotatable bonds is 6. The van der Waals surface area contributed by atoms with E-state index >= 15 is 0 Å². The summed E-state index contributed by atoms with van der Waals surface area (Å²) in [6.07, 6.45) is 1.40. The topological polar surface area (TPSA) is 90.1 Å². The second kappa shape index (κ2) is 7.42. The van der Waals surface area contributed by atoms with Gasteiger partial charge in [0.05, 0.1) is 6.10 Å². The molecule has 8 heteroatoms. The third-order valence-electron chi connectivity index (χ3n) is 4.51. The van der Waals surface area contributed by atoms with Crippen molar-refractivity contribution in [2.75, 3.05) is 11.9 Å². The second-order valence-corrected chi connectivity index (χ2v) is 7.96. The summed E-state index contributed by atoms with van der Waals surface area (Å²) in [7, 11) is 0. The molecule has 2 unspecified atom stereocenters. The van der Waals surface area contributed by atoms with Crippen LogP contribution in [-0.2, 0) is 16.0 Å². The van der Waals surface area contributed by atoms with Crippen molar-refractivity contribution >= 4 is 34.8 Å². The molecular weight excluding hydrogens is 336 g/mol. The molecule has 0 radical (unpaired) electrons. The summed E-state index contributed by atoms with van der Waals surface area (Å²) in [6, 6.07) is 0. The Bertz CT molecular complexity index is 549. The van der Waals surface area contributed by atoms with Gasteiger partial charge in [0.1, 0.15) is 10.5 Å². The molecule has 1 aliphatic carbocycles. The van der Waals surface area contributed by atoms with Crippen molar-refractivity contribution < 1.29 is 9.53 Å². The number of nitrogens with zero attached hydrogens (tertiary/aromatic N) is 2. The monoisotopic (exact) mass is 362 g/mol. The predicted octanol–water partition coefficient (Wildman–Crippen LogP) is 2.63. The van der Waals surface area contributed by atoms with Crippen molar-refractivity contribution in [1.29, 1.82) is 0 Å². The fourth-order valence-corrected chi connectivity index (χ4v) is 3.71. The Morgan fingerprint density at radius 1 is 1.48 bits per heavy atom. The first kappa shape index (κ1) is 20.3. The molecule has 23 heavy (non-hydrogen) atoms. The van der Waals surface area contributed by atoms with Gasteiger partial charge in [-0.1, -0.05) is 39.0 Å². The number of hydrogen-bond acceptors (Lipinski definition) is 6. The van der Waals surface area contributed by atoms with Gasteiger partial charge in [0.2, 0.25) is 11.0 Å². The van der Waals surface area contributed by atoms with Crippen LogP contribution >= 0.6 is 23.7 Å². The number of ether oxygens (including phenoxy) is 1. The van der Waals surface area contributed by atoms with Crippen molar-refractivity contribution in [3.05, 3.63) is 5.01 Å². The van der Waals surface area contributed by atoms with Crippen molar-refractivity contribution in [3.63, 3.8) is 0 Å². The normalized spacial score (nSPS) is 25.6. The van der Waals surface area contributed by atoms with Crippen LogP contribution in [0.2, 0.25) is 0 Å². The molecule has 2 rings (SSSR count). The zero-order valence-corrected chi connectivity index (χ0v) is 16.0. The van der Waals surface area contributed by atoms with Crippen LogP contribution in [0.15, 0.2) is 0 Å². The second-order valence-electron chi connectivity index (χ2n) is 6.89. The average Bonchev–Trinajstić information content (AvgIpc) is 2.84. The first-order valence-electron chi connectivity index (χ1n) is 7.75. The van der Waals surface area contributed by atoms with Crippen molar-refractivity contribution in [3.8, 4) is 0 Å². The van der Waals surface area contributed by atoms with E-state index in [4.69, 9.17) is 10.5 Å². The zero-order chi connectivity index (χ0) is 16.5. The molecule has 1 amide bonds. The van der Waals surface area contributed by atoms with Gasteiger partial charge in [0, 0.05) is 24.9 Å². The number of amides is 1. The van der Waals surface area contributed by atoms with Gasteiger partial charge in [-0.15, -0.1) is 22.6 Å². The summed E-state index contributed by atoms with van der Waals surface area (Å²) in [5.74, 6) is 0.301. The standard InChI is InChI=1S/C15H26N4O2S.ClH/c1-6-21-10-8-15(16,14(10,4)5)12(20)17-13-19-18-11(22-13)7-9(2)3;/h9-10H,6-8,16H2,1-5H3,(H,17,19,20);1H. The van der Waals surface area contributed by atoms with Crippen molar-refractivity contribution in [1.82, 2.24) is 10.2 Å². The molecule has 1 saturated carbocycles. The number of carbonyl (C=O) groups excluding carboxylic acids is 1. The van der Waals surface area contributed by atoms with Crippen LogP contribution in [0, 0.1) is 11.3 Å². The number of carbonyl (C=O) groups is 1. The average molecular weight is 363 g/mol. The Morgan fingerprint density at radius 3 is 2.65 bits per heavy atom. The highest BCUT2D eigenvalue weighted by Crippen LogP contribution is 2.50. The van der Waals surface area contributed by atoms with Crippen LogP contribution in [0.1, 0.15) is 46.0 Å². The Kier molecular flexibility index (Phi) is 6.55. The Hall–Kier alpha value is -0.760. The lowest BCUT2D eigenvalue weighted by molar-refractivity contribution is -0.166. The minimum absolute atomic E-state index is 0. The smallest absolute Gasteiger partial charge is 0.247 e. The Morgan fingerprint density at radius 2 is 2.13 bits per heavy atom. The summed E-state index contributed by atoms with van der Waals surface area (Å²) >= 11 is 1.41. The van der Waals surface area contributed by atoms with Gasteiger partial charge in [-0.05, 0) is 12.8 Å². The Balaban J connectivity index is 0.00000264. The molecule has 0 bridgehead atoms. The third-order valence-corrected chi connectivity index (χ3v) is 5.37. The van der Waals surface area contributed by atoms with E-state index in [1.165, 1.54) is 11.3 Å². The molecule has 0 aliphatic heterocycles. The fraction of sp³-hybridized carbons (Fsp3) is 0.800. The van der Waals surface area contributed by atoms with Crippen LogP contribution in [-0.4, -0.2) is 34.4 Å². The molecule has 1 heterocycles. The van der Waals surface area contributed by atoms with E-state index in [1.807, 2.05) is 20.8 Å². The number of nitrogens with one attached hydrogen (secondary N) is 1. The van der Waals surface area contributed by atoms with Gasteiger partial charge in [0.15, 0.2) is 0 Å². The van der Waals surface area contributed by atoms with Crippen LogP contribution in [0.25, 0.3) is 0 Å². The van der Waals surface area contributed by atoms with E-state index in [2.05, 4.69) is 29.4 Å². The first-order valence-corrected chi connectivity index (χ1v) is 8.56. The molecule has 6 nitrogen and oxygen atoms in total. The third kappa shape index (κ3) is 3.84. The van der Waals surface area contributed by atoms with Gasteiger partial charge in [-0.2, -0.15) is 0 Å². The quantitative estimate of drug-likeness (QED) is 0.811. The minimum Gasteiger partial charge on any atom is -0.378 e. The Labute approximate surface area is 148 Å². The minimum atomic E-state index is -0.934. The molecule has 3 N–H and O–H groups in total. The summed E-state index contributed by atoms with van der Waals surface area (Å²) in [5.41, 5.74) is 5.01. The van der Waals surface area contributed by atoms with Crippen molar-refractivity contribution in [2.24, 2.45) is 17.1 Å². The summed E-state index contributed by atoms with van der Waals surface area (Å²) in [6.45, 7) is 10.8. The van der Waals surface area contributed by atoms with E-state index in [-0.39, 0.29) is 24.4 Å². The molecule has 1 aliphatic rings. The number of anilines is 1. The van der Waals surface area contributed by atoms with Gasteiger partial charge >= 0.3 is 0 Å². The maximum Gasteiger partial charge on any atom is 0.247 e. The van der Waals surface area contributed by atoms with E-state index in [0.717, 1.165) is 11.4 Å².